The maximum atomic E-state index is 13.1. The van der Waals surface area contributed by atoms with E-state index in [0.717, 1.165) is 62.3 Å². The number of nitrogens with one attached hydrogen (secondary N) is 1. The summed E-state index contributed by atoms with van der Waals surface area (Å²) in [5.41, 5.74) is -0.0663. The highest BCUT2D eigenvalue weighted by Gasteiger charge is 2.40. The van der Waals surface area contributed by atoms with Crippen molar-refractivity contribution in [3.05, 3.63) is 35.0 Å². The van der Waals surface area contributed by atoms with Gasteiger partial charge in [-0.25, -0.2) is 4.98 Å². The highest BCUT2D eigenvalue weighted by atomic mass is 35.5. The predicted molar refractivity (Wildman–Crippen MR) is 194 cm³/mol. The lowest BCUT2D eigenvalue weighted by Crippen LogP contribution is -2.58. The number of nitrogens with zero attached hydrogens (tertiary/aromatic N) is 4. The van der Waals surface area contributed by atoms with E-state index >= 15 is 0 Å². The van der Waals surface area contributed by atoms with E-state index in [1.807, 2.05) is 39.0 Å². The number of aromatic nitrogens is 1. The number of carbonyl (C=O) groups is 4. The van der Waals surface area contributed by atoms with Crippen LogP contribution >= 0.6 is 11.6 Å². The Morgan fingerprint density at radius 1 is 1.06 bits per heavy atom. The number of carbonyl (C=O) groups excluding carboxylic acids is 4. The number of halogens is 1. The van der Waals surface area contributed by atoms with Crippen LogP contribution in [0.15, 0.2) is 24.4 Å². The largest absolute Gasteiger partial charge is 0.474 e. The molecule has 2 fully saturated rings. The van der Waals surface area contributed by atoms with Crippen molar-refractivity contribution in [3.8, 4) is 5.88 Å². The Kier molecular flexibility index (Phi) is 19.4. The van der Waals surface area contributed by atoms with Gasteiger partial charge in [0.05, 0.1) is 18.1 Å². The van der Waals surface area contributed by atoms with Gasteiger partial charge in [0.2, 0.25) is 29.5 Å². The zero-order chi connectivity index (χ0) is 36.4. The first kappa shape index (κ1) is 42.9. The molecule has 10 nitrogen and oxygen atoms in total. The third-order valence-corrected chi connectivity index (χ3v) is 8.19. The normalized spacial score (nSPS) is 21.4. The lowest BCUT2D eigenvalue weighted by molar-refractivity contribution is -0.146. The van der Waals surface area contributed by atoms with Crippen LogP contribution in [0.1, 0.15) is 105 Å². The second-order valence-corrected chi connectivity index (χ2v) is 14.1. The van der Waals surface area contributed by atoms with Gasteiger partial charge in [-0.05, 0) is 83.1 Å². The first-order chi connectivity index (χ1) is 22.6. The van der Waals surface area contributed by atoms with Crippen LogP contribution in [0, 0.1) is 18.8 Å². The Balaban J connectivity index is 0.000000522. The number of likely N-dealkylation sites (N-methyl/N-ethyl adjacent to an activating group) is 3. The first-order valence-corrected chi connectivity index (χ1v) is 18.0. The molecule has 3 aliphatic rings. The summed E-state index contributed by atoms with van der Waals surface area (Å²) in [6, 6.07) is 1.87. The predicted octanol–water partition coefficient (Wildman–Crippen LogP) is 6.44. The molecule has 0 bridgehead atoms. The van der Waals surface area contributed by atoms with Crippen molar-refractivity contribution in [2.45, 2.75) is 118 Å². The minimum Gasteiger partial charge on any atom is -0.474 e. The van der Waals surface area contributed by atoms with Gasteiger partial charge >= 0.3 is 0 Å². The molecule has 4 rings (SSSR count). The van der Waals surface area contributed by atoms with Crippen LogP contribution in [0.3, 0.4) is 0 Å². The lowest BCUT2D eigenvalue weighted by atomic mass is 9.93. The van der Waals surface area contributed by atoms with Crippen molar-refractivity contribution >= 4 is 35.2 Å². The molecule has 1 aliphatic heterocycles. The van der Waals surface area contributed by atoms with E-state index in [2.05, 4.69) is 31.1 Å². The Morgan fingerprint density at radius 3 is 2.25 bits per heavy atom. The molecule has 2 heterocycles. The van der Waals surface area contributed by atoms with Crippen LogP contribution in [-0.2, 0) is 19.2 Å². The van der Waals surface area contributed by atoms with Gasteiger partial charge in [0, 0.05) is 45.9 Å². The average Bonchev–Trinajstić information content (AvgIpc) is 3.98. The fourth-order valence-corrected chi connectivity index (χ4v) is 4.63. The Morgan fingerprint density at radius 2 is 1.69 bits per heavy atom. The van der Waals surface area contributed by atoms with Gasteiger partial charge in [0.1, 0.15) is 11.6 Å². The van der Waals surface area contributed by atoms with Gasteiger partial charge in [-0.15, -0.1) is 0 Å². The quantitative estimate of drug-likeness (QED) is 0.356. The van der Waals surface area contributed by atoms with E-state index in [0.29, 0.717) is 36.4 Å². The van der Waals surface area contributed by atoms with Gasteiger partial charge in [0.15, 0.2) is 0 Å². The van der Waals surface area contributed by atoms with Crippen LogP contribution in [-0.4, -0.2) is 95.7 Å². The summed E-state index contributed by atoms with van der Waals surface area (Å²) >= 11 is 5.75. The third-order valence-electron chi connectivity index (χ3n) is 7.98. The minimum absolute atomic E-state index is 0.0256. The smallest absolute Gasteiger partial charge is 0.246 e. The van der Waals surface area contributed by atoms with Crippen LogP contribution in [0.2, 0.25) is 5.02 Å². The molecule has 1 aromatic heterocycles. The molecule has 2 saturated carbocycles. The maximum absolute atomic E-state index is 13.1. The summed E-state index contributed by atoms with van der Waals surface area (Å²) in [6.45, 7) is 14.6. The first-order valence-electron chi connectivity index (χ1n) is 17.6. The van der Waals surface area contributed by atoms with Crippen molar-refractivity contribution in [3.63, 3.8) is 0 Å². The van der Waals surface area contributed by atoms with E-state index in [9.17, 15) is 19.2 Å². The summed E-state index contributed by atoms with van der Waals surface area (Å²) in [4.78, 5) is 59.0. The fraction of sp³-hybridized carbons (Fsp3) is 0.703. The molecule has 2 aliphatic carbocycles. The Labute approximate surface area is 295 Å². The molecule has 0 saturated heterocycles. The SMILES string of the molecule is CC.CC(C)C.CN1CCCC/C=C/CC(C)(N(C)C(=O)CC2CC2)C(=O)NCC(=O)N(C)CC1=O.Cc1cc(Cl)cnc1OC1CC1. The number of pyridine rings is 1. The second-order valence-electron chi connectivity index (χ2n) is 13.6. The van der Waals surface area contributed by atoms with E-state index < -0.39 is 5.54 Å². The highest BCUT2D eigenvalue weighted by molar-refractivity contribution is 6.30. The van der Waals surface area contributed by atoms with Gasteiger partial charge in [-0.3, -0.25) is 19.2 Å². The second kappa shape index (κ2) is 21.8. The molecule has 11 heteroatoms. The number of hydrogen-bond acceptors (Lipinski definition) is 6. The van der Waals surface area contributed by atoms with Crippen LogP contribution in [0.4, 0.5) is 0 Å². The summed E-state index contributed by atoms with van der Waals surface area (Å²) < 4.78 is 5.54. The molecule has 0 spiro atoms. The number of allylic oxidation sites excluding steroid dienone is 1. The molecule has 4 amide bonds. The molecule has 0 radical (unpaired) electrons. The van der Waals surface area contributed by atoms with Crippen molar-refractivity contribution in [2.24, 2.45) is 11.8 Å². The van der Waals surface area contributed by atoms with Crippen molar-refractivity contribution in [2.75, 3.05) is 40.8 Å². The molecule has 48 heavy (non-hydrogen) atoms. The van der Waals surface area contributed by atoms with Gasteiger partial charge in [-0.2, -0.15) is 0 Å². The summed E-state index contributed by atoms with van der Waals surface area (Å²) in [5.74, 6) is 1.10. The summed E-state index contributed by atoms with van der Waals surface area (Å²) in [7, 11) is 4.96. The maximum Gasteiger partial charge on any atom is 0.246 e. The topological polar surface area (TPSA) is 112 Å². The molecule has 1 unspecified atom stereocenters. The zero-order valence-corrected chi connectivity index (χ0v) is 32.0. The fourth-order valence-electron chi connectivity index (χ4n) is 4.42. The number of rotatable bonds is 5. The Bertz CT molecular complexity index is 1200. The molecule has 1 N–H and O–H groups in total. The third kappa shape index (κ3) is 16.3. The van der Waals surface area contributed by atoms with Crippen molar-refractivity contribution in [1.29, 1.82) is 0 Å². The standard InChI is InChI=1S/C22H36N4O4.C9H10ClNO.C4H10.C2H6/c1-22(26(4)18(27)14-17-10-11-17)12-8-6-5-7-9-13-24(2)20(29)16-25(3)19(28)15-23-21(22)30;1-6-4-7(10)5-11-9(6)12-8-2-3-8;1-4(2)3;1-2/h6,8,17H,5,7,9-16H2,1-4H3,(H,23,30);4-5,8H,2-3H2,1H3;4H,1-3H3;1-2H3/b8-6+;;;. The van der Waals surface area contributed by atoms with Gasteiger partial charge in [0.25, 0.3) is 0 Å². The van der Waals surface area contributed by atoms with Crippen LogP contribution < -0.4 is 10.1 Å². The lowest BCUT2D eigenvalue weighted by Gasteiger charge is -2.37. The zero-order valence-electron chi connectivity index (χ0n) is 31.2. The van der Waals surface area contributed by atoms with E-state index in [1.54, 1.807) is 39.2 Å². The van der Waals surface area contributed by atoms with Crippen molar-refractivity contribution < 1.29 is 23.9 Å². The van der Waals surface area contributed by atoms with Gasteiger partial charge < -0.3 is 24.8 Å². The molecule has 0 aromatic carbocycles. The molecule has 272 valence electrons. The number of amides is 4. The Hall–Kier alpha value is -3.14. The highest BCUT2D eigenvalue weighted by Crippen LogP contribution is 2.34. The van der Waals surface area contributed by atoms with Gasteiger partial charge in [-0.1, -0.05) is 58.4 Å². The summed E-state index contributed by atoms with van der Waals surface area (Å²) in [5, 5.41) is 3.35. The summed E-state index contributed by atoms with van der Waals surface area (Å²) in [6.07, 6.45) is 13.9. The molecule has 1 aromatic rings. The molecular weight excluding hydrogens is 630 g/mol. The monoisotopic (exact) mass is 691 g/mol. The number of aryl methyl sites for hydroxylation is 1. The molecular formula is C37H62ClN5O5. The van der Waals surface area contributed by atoms with Crippen molar-refractivity contribution in [1.82, 2.24) is 25.0 Å². The number of hydrogen-bond donors (Lipinski definition) is 1. The van der Waals surface area contributed by atoms with Crippen LogP contribution in [0.5, 0.6) is 5.88 Å². The van der Waals surface area contributed by atoms with E-state index in [4.69, 9.17) is 16.3 Å². The number of ether oxygens (including phenoxy) is 1. The van der Waals surface area contributed by atoms with Crippen LogP contribution in [0.25, 0.3) is 0 Å². The van der Waals surface area contributed by atoms with E-state index in [-0.39, 0.29) is 36.7 Å². The minimum atomic E-state index is -1.07. The molecule has 1 atom stereocenters. The average molecular weight is 692 g/mol. The van der Waals surface area contributed by atoms with E-state index in [1.165, 1.54) is 9.80 Å².